The first-order chi connectivity index (χ1) is 12.4. The lowest BCUT2D eigenvalue weighted by atomic mass is 10.1. The minimum Gasteiger partial charge on any atom is -0.269 e. The summed E-state index contributed by atoms with van der Waals surface area (Å²) in [5.74, 6) is -1.02. The maximum Gasteiger partial charge on any atom is 0.261 e. The van der Waals surface area contributed by atoms with Gasteiger partial charge in [0.15, 0.2) is 0 Å². The van der Waals surface area contributed by atoms with Gasteiger partial charge in [-0.15, -0.1) is 0 Å². The maximum atomic E-state index is 13.9. The zero-order chi connectivity index (χ0) is 18.8. The van der Waals surface area contributed by atoms with Crippen LogP contribution in [0, 0.1) is 12.7 Å². The fraction of sp³-hybridized carbons (Fsp3) is 0.250. The van der Waals surface area contributed by atoms with Crippen LogP contribution < -0.4 is 0 Å². The molecule has 0 saturated heterocycles. The number of benzene rings is 2. The zero-order valence-electron chi connectivity index (χ0n) is 14.6. The summed E-state index contributed by atoms with van der Waals surface area (Å²) in [4.78, 5) is 30.9. The molecule has 1 aliphatic rings. The van der Waals surface area contributed by atoms with Crippen LogP contribution >= 0.6 is 15.9 Å². The Balaban J connectivity index is 1.92. The molecule has 0 aliphatic carbocycles. The average molecular weight is 417 g/mol. The second kappa shape index (κ2) is 7.50. The fourth-order valence-electron chi connectivity index (χ4n) is 2.95. The molecule has 0 fully saturated rings. The molecule has 0 unspecified atom stereocenters. The molecule has 2 aromatic rings. The van der Waals surface area contributed by atoms with Crippen molar-refractivity contribution in [1.82, 2.24) is 4.90 Å². The Hall–Kier alpha value is -2.34. The van der Waals surface area contributed by atoms with Gasteiger partial charge in [-0.1, -0.05) is 25.5 Å². The SMILES string of the molecule is CCC/C(CN1C(=O)c2ccccc2C1=O)=N\c1cc(F)c(Br)cc1C. The van der Waals surface area contributed by atoms with Crippen molar-refractivity contribution in [2.75, 3.05) is 6.54 Å². The summed E-state index contributed by atoms with van der Waals surface area (Å²) in [6, 6.07) is 9.81. The summed E-state index contributed by atoms with van der Waals surface area (Å²) in [6.45, 7) is 3.94. The molecule has 3 rings (SSSR count). The molecular weight excluding hydrogens is 399 g/mol. The van der Waals surface area contributed by atoms with E-state index in [1.165, 1.54) is 11.0 Å². The van der Waals surface area contributed by atoms with Gasteiger partial charge in [0, 0.05) is 11.8 Å². The highest BCUT2D eigenvalue weighted by Crippen LogP contribution is 2.27. The van der Waals surface area contributed by atoms with E-state index in [1.807, 2.05) is 13.8 Å². The quantitative estimate of drug-likeness (QED) is 0.504. The molecule has 2 aromatic carbocycles. The Morgan fingerprint density at radius 1 is 1.15 bits per heavy atom. The van der Waals surface area contributed by atoms with Crippen molar-refractivity contribution in [1.29, 1.82) is 0 Å². The van der Waals surface area contributed by atoms with Crippen LogP contribution in [0.1, 0.15) is 46.0 Å². The van der Waals surface area contributed by atoms with E-state index in [9.17, 15) is 14.0 Å². The van der Waals surface area contributed by atoms with E-state index in [4.69, 9.17) is 0 Å². The summed E-state index contributed by atoms with van der Waals surface area (Å²) in [6.07, 6.45) is 1.42. The summed E-state index contributed by atoms with van der Waals surface area (Å²) in [7, 11) is 0. The first-order valence-corrected chi connectivity index (χ1v) is 9.19. The van der Waals surface area contributed by atoms with Crippen LogP contribution in [0.4, 0.5) is 10.1 Å². The Morgan fingerprint density at radius 2 is 1.77 bits per heavy atom. The van der Waals surface area contributed by atoms with Crippen molar-refractivity contribution in [3.63, 3.8) is 0 Å². The summed E-state index contributed by atoms with van der Waals surface area (Å²) in [5, 5.41) is 0. The Bertz CT molecular complexity index is 889. The van der Waals surface area contributed by atoms with Crippen LogP contribution in [0.5, 0.6) is 0 Å². The molecule has 0 N–H and O–H groups in total. The lowest BCUT2D eigenvalue weighted by Crippen LogP contribution is -2.34. The normalized spacial score (nSPS) is 14.2. The van der Waals surface area contributed by atoms with Crippen LogP contribution in [-0.4, -0.2) is 29.0 Å². The number of amides is 2. The van der Waals surface area contributed by atoms with Crippen LogP contribution in [0.2, 0.25) is 0 Å². The number of halogens is 2. The molecule has 0 spiro atoms. The van der Waals surface area contributed by atoms with Crippen molar-refractivity contribution in [2.24, 2.45) is 4.99 Å². The second-order valence-corrected chi connectivity index (χ2v) is 7.08. The van der Waals surface area contributed by atoms with Gasteiger partial charge >= 0.3 is 0 Å². The number of nitrogens with zero attached hydrogens (tertiary/aromatic N) is 2. The largest absolute Gasteiger partial charge is 0.269 e. The van der Waals surface area contributed by atoms with Crippen molar-refractivity contribution in [3.05, 3.63) is 63.4 Å². The predicted octanol–water partition coefficient (Wildman–Crippen LogP) is 5.07. The van der Waals surface area contributed by atoms with Gasteiger partial charge in [0.2, 0.25) is 0 Å². The highest BCUT2D eigenvalue weighted by atomic mass is 79.9. The Labute approximate surface area is 159 Å². The van der Waals surface area contributed by atoms with Crippen molar-refractivity contribution < 1.29 is 14.0 Å². The van der Waals surface area contributed by atoms with E-state index in [0.717, 1.165) is 12.0 Å². The van der Waals surface area contributed by atoms with E-state index >= 15 is 0 Å². The van der Waals surface area contributed by atoms with E-state index in [0.29, 0.717) is 33.4 Å². The maximum absolute atomic E-state index is 13.9. The van der Waals surface area contributed by atoms with Gasteiger partial charge in [-0.3, -0.25) is 19.5 Å². The van der Waals surface area contributed by atoms with Gasteiger partial charge in [0.1, 0.15) is 5.82 Å². The topological polar surface area (TPSA) is 49.7 Å². The number of rotatable bonds is 5. The monoisotopic (exact) mass is 416 g/mol. The number of aryl methyl sites for hydroxylation is 1. The molecule has 0 radical (unpaired) electrons. The summed E-state index contributed by atoms with van der Waals surface area (Å²) < 4.78 is 14.2. The van der Waals surface area contributed by atoms with E-state index in [-0.39, 0.29) is 18.4 Å². The number of hydrogen-bond acceptors (Lipinski definition) is 3. The number of aliphatic imine (C=N–C) groups is 1. The van der Waals surface area contributed by atoms with Crippen LogP contribution in [0.25, 0.3) is 0 Å². The molecule has 0 aromatic heterocycles. The lowest BCUT2D eigenvalue weighted by molar-refractivity contribution is 0.0677. The van der Waals surface area contributed by atoms with Crippen molar-refractivity contribution in [3.8, 4) is 0 Å². The van der Waals surface area contributed by atoms with Crippen LogP contribution in [-0.2, 0) is 0 Å². The van der Waals surface area contributed by atoms with Crippen molar-refractivity contribution >= 4 is 39.1 Å². The molecule has 2 amide bonds. The van der Waals surface area contributed by atoms with Gasteiger partial charge in [-0.25, -0.2) is 4.39 Å². The van der Waals surface area contributed by atoms with Gasteiger partial charge < -0.3 is 0 Å². The van der Waals surface area contributed by atoms with Gasteiger partial charge in [-0.2, -0.15) is 0 Å². The predicted molar refractivity (Wildman–Crippen MR) is 103 cm³/mol. The molecule has 4 nitrogen and oxygen atoms in total. The smallest absolute Gasteiger partial charge is 0.261 e. The highest BCUT2D eigenvalue weighted by molar-refractivity contribution is 9.10. The van der Waals surface area contributed by atoms with Gasteiger partial charge in [0.25, 0.3) is 11.8 Å². The molecule has 0 bridgehead atoms. The third kappa shape index (κ3) is 3.46. The lowest BCUT2D eigenvalue weighted by Gasteiger charge is -2.16. The molecule has 0 saturated carbocycles. The number of fused-ring (bicyclic) bond motifs is 1. The number of hydrogen-bond donors (Lipinski definition) is 0. The second-order valence-electron chi connectivity index (χ2n) is 6.22. The molecule has 1 aliphatic heterocycles. The van der Waals surface area contributed by atoms with Gasteiger partial charge in [0.05, 0.1) is 27.8 Å². The van der Waals surface area contributed by atoms with Crippen LogP contribution in [0.15, 0.2) is 45.9 Å². The summed E-state index contributed by atoms with van der Waals surface area (Å²) in [5.41, 5.74) is 2.82. The van der Waals surface area contributed by atoms with E-state index < -0.39 is 5.82 Å². The van der Waals surface area contributed by atoms with Gasteiger partial charge in [-0.05, 0) is 53.0 Å². The molecule has 134 valence electrons. The Morgan fingerprint density at radius 3 is 2.35 bits per heavy atom. The fourth-order valence-corrected chi connectivity index (χ4v) is 3.41. The zero-order valence-corrected chi connectivity index (χ0v) is 16.1. The standard InChI is InChI=1S/C20H18BrFN2O2/c1-3-6-13(23-18-10-17(22)16(21)9-12(18)2)11-24-19(25)14-7-4-5-8-15(14)20(24)26/h4-5,7-10H,3,6,11H2,1-2H3/b23-13+. The third-order valence-electron chi connectivity index (χ3n) is 4.27. The van der Waals surface area contributed by atoms with Crippen LogP contribution in [0.3, 0.4) is 0 Å². The molecule has 0 atom stereocenters. The highest BCUT2D eigenvalue weighted by Gasteiger charge is 2.35. The van der Waals surface area contributed by atoms with Crippen molar-refractivity contribution in [2.45, 2.75) is 26.7 Å². The van der Waals surface area contributed by atoms with E-state index in [2.05, 4.69) is 20.9 Å². The number of imide groups is 1. The minimum atomic E-state index is -0.397. The third-order valence-corrected chi connectivity index (χ3v) is 4.88. The first-order valence-electron chi connectivity index (χ1n) is 8.39. The first kappa shape index (κ1) is 18.5. The summed E-state index contributed by atoms with van der Waals surface area (Å²) >= 11 is 3.16. The molecule has 1 heterocycles. The minimum absolute atomic E-state index is 0.108. The number of carbonyl (C=O) groups is 2. The molecule has 26 heavy (non-hydrogen) atoms. The average Bonchev–Trinajstić information content (AvgIpc) is 2.85. The van der Waals surface area contributed by atoms with E-state index in [1.54, 1.807) is 30.3 Å². The number of carbonyl (C=O) groups excluding carboxylic acids is 2. The Kier molecular flexibility index (Phi) is 5.32. The molecular formula is C20H18BrFN2O2. The molecule has 6 heteroatoms.